The minimum absolute atomic E-state index is 0.114. The molecule has 0 radical (unpaired) electrons. The van der Waals surface area contributed by atoms with Crippen molar-refractivity contribution in [1.29, 1.82) is 0 Å². The quantitative estimate of drug-likeness (QED) is 0.413. The summed E-state index contributed by atoms with van der Waals surface area (Å²) in [5.41, 5.74) is 10.1. The standard InChI is InChI=1S/C34H42F2N8O3/c1-41(2)31(45)28-13-23-18-42(9-5-11-44(23)40-28)30-24-19-47-34(8-3-6-21-12-26(36)27(37)14-25(21)34)16-29(24)38-32(39-30)46-20-33-7-4-10-43(33)17-22(35)15-33/h12-14,22H,3-11,15-20,37H2,1-2H3/t22-,33+,34-/m1/s1. The number of amides is 1. The number of rotatable bonds is 5. The average molecular weight is 649 g/mol. The highest BCUT2D eigenvalue weighted by Gasteiger charge is 2.50. The molecule has 4 aliphatic heterocycles. The van der Waals surface area contributed by atoms with Crippen LogP contribution in [0.4, 0.5) is 20.3 Å². The van der Waals surface area contributed by atoms with Crippen molar-refractivity contribution in [3.05, 3.63) is 57.8 Å². The number of halogens is 2. The number of carbonyl (C=O) groups excluding carboxylic acids is 1. The number of alkyl halides is 1. The normalized spacial score (nSPS) is 26.8. The maximum absolute atomic E-state index is 14.6. The molecule has 2 N–H and O–H groups in total. The highest BCUT2D eigenvalue weighted by atomic mass is 19.1. The van der Waals surface area contributed by atoms with E-state index in [0.717, 1.165) is 79.0 Å². The summed E-state index contributed by atoms with van der Waals surface area (Å²) in [5.74, 6) is 0.193. The lowest BCUT2D eigenvalue weighted by molar-refractivity contribution is -0.0855. The van der Waals surface area contributed by atoms with Gasteiger partial charge >= 0.3 is 6.01 Å². The van der Waals surface area contributed by atoms with Gasteiger partial charge in [0, 0.05) is 52.1 Å². The van der Waals surface area contributed by atoms with E-state index in [9.17, 15) is 13.6 Å². The molecule has 2 aromatic heterocycles. The second-order valence-corrected chi connectivity index (χ2v) is 14.2. The van der Waals surface area contributed by atoms with Gasteiger partial charge in [0.25, 0.3) is 5.91 Å². The summed E-state index contributed by atoms with van der Waals surface area (Å²) in [6, 6.07) is 5.42. The molecule has 0 saturated carbocycles. The molecule has 5 aliphatic rings. The number of carbonyl (C=O) groups is 1. The lowest BCUT2D eigenvalue weighted by atomic mass is 9.74. The van der Waals surface area contributed by atoms with Crippen LogP contribution in [0.25, 0.3) is 0 Å². The van der Waals surface area contributed by atoms with Gasteiger partial charge in [-0.2, -0.15) is 15.1 Å². The Bertz CT molecular complexity index is 1730. The van der Waals surface area contributed by atoms with E-state index >= 15 is 0 Å². The number of aryl methyl sites for hydroxylation is 2. The molecule has 2 fully saturated rings. The van der Waals surface area contributed by atoms with Gasteiger partial charge in [-0.05, 0) is 74.4 Å². The third kappa shape index (κ3) is 5.22. The van der Waals surface area contributed by atoms with Crippen LogP contribution in [0.3, 0.4) is 0 Å². The maximum Gasteiger partial charge on any atom is 0.318 e. The van der Waals surface area contributed by atoms with Crippen LogP contribution in [0.1, 0.15) is 77.1 Å². The molecular weight excluding hydrogens is 606 g/mol. The number of benzene rings is 1. The number of nitrogens with two attached hydrogens (primary N) is 1. The van der Waals surface area contributed by atoms with Gasteiger partial charge in [-0.15, -0.1) is 0 Å². The van der Waals surface area contributed by atoms with Gasteiger partial charge in [0.15, 0.2) is 5.69 Å². The molecule has 1 aromatic carbocycles. The number of hydrogen-bond acceptors (Lipinski definition) is 9. The first-order valence-corrected chi connectivity index (χ1v) is 16.8. The third-order valence-corrected chi connectivity index (χ3v) is 10.9. The fourth-order valence-electron chi connectivity index (χ4n) is 8.57. The maximum atomic E-state index is 14.6. The molecule has 13 heteroatoms. The Morgan fingerprint density at radius 3 is 2.87 bits per heavy atom. The van der Waals surface area contributed by atoms with Gasteiger partial charge < -0.3 is 25.0 Å². The van der Waals surface area contributed by atoms with Gasteiger partial charge in [-0.1, -0.05) is 0 Å². The van der Waals surface area contributed by atoms with Gasteiger partial charge in [0.1, 0.15) is 24.4 Å². The highest BCUT2D eigenvalue weighted by molar-refractivity contribution is 5.92. The van der Waals surface area contributed by atoms with E-state index < -0.39 is 17.6 Å². The average Bonchev–Trinajstić information content (AvgIpc) is 3.67. The van der Waals surface area contributed by atoms with E-state index in [1.54, 1.807) is 26.2 Å². The number of hydrogen-bond donors (Lipinski definition) is 1. The third-order valence-electron chi connectivity index (χ3n) is 10.9. The zero-order chi connectivity index (χ0) is 32.5. The minimum atomic E-state index is -0.856. The van der Waals surface area contributed by atoms with E-state index in [1.807, 2.05) is 10.7 Å². The predicted molar refractivity (Wildman–Crippen MR) is 170 cm³/mol. The van der Waals surface area contributed by atoms with Gasteiger partial charge in [-0.3, -0.25) is 14.4 Å². The van der Waals surface area contributed by atoms with Gasteiger partial charge in [-0.25, -0.2) is 8.78 Å². The summed E-state index contributed by atoms with van der Waals surface area (Å²) in [6.45, 7) is 3.83. The summed E-state index contributed by atoms with van der Waals surface area (Å²) in [5, 5.41) is 4.61. The first-order chi connectivity index (χ1) is 22.6. The summed E-state index contributed by atoms with van der Waals surface area (Å²) in [6.07, 6.45) is 5.19. The van der Waals surface area contributed by atoms with E-state index in [-0.39, 0.29) is 29.8 Å². The molecule has 11 nitrogen and oxygen atoms in total. The van der Waals surface area contributed by atoms with Crippen LogP contribution in [0.5, 0.6) is 6.01 Å². The Hall–Kier alpha value is -3.84. The molecule has 1 aliphatic carbocycles. The molecule has 47 heavy (non-hydrogen) atoms. The van der Waals surface area contributed by atoms with Crippen LogP contribution >= 0.6 is 0 Å². The fourth-order valence-corrected chi connectivity index (χ4v) is 8.57. The largest absolute Gasteiger partial charge is 0.461 e. The smallest absolute Gasteiger partial charge is 0.318 e. The number of ether oxygens (including phenoxy) is 2. The number of anilines is 2. The molecule has 0 bridgehead atoms. The predicted octanol–water partition coefficient (Wildman–Crippen LogP) is 3.77. The lowest BCUT2D eigenvalue weighted by Gasteiger charge is -2.43. The van der Waals surface area contributed by atoms with E-state index in [2.05, 4.69) is 14.9 Å². The Morgan fingerprint density at radius 1 is 1.15 bits per heavy atom. The zero-order valence-electron chi connectivity index (χ0n) is 27.1. The topological polar surface area (TPSA) is 115 Å². The van der Waals surface area contributed by atoms with Crippen molar-refractivity contribution in [2.75, 3.05) is 51.0 Å². The van der Waals surface area contributed by atoms with Crippen LogP contribution in [0.2, 0.25) is 0 Å². The molecule has 8 rings (SSSR count). The van der Waals surface area contributed by atoms with Crippen LogP contribution < -0.4 is 15.4 Å². The SMILES string of the molecule is CN(C)C(=O)c1cc2n(n1)CCCN(c1nc(OC[C@@]34CCCN3C[C@H](F)C4)nc3c1CO[C@]1(CCCc4cc(F)c(N)cc41)C3)C2. The van der Waals surface area contributed by atoms with Gasteiger partial charge in [0.05, 0.1) is 41.4 Å². The van der Waals surface area contributed by atoms with Crippen LogP contribution in [0.15, 0.2) is 18.2 Å². The van der Waals surface area contributed by atoms with Crippen molar-refractivity contribution in [1.82, 2.24) is 29.5 Å². The zero-order valence-corrected chi connectivity index (χ0v) is 27.1. The first-order valence-electron chi connectivity index (χ1n) is 16.8. The Labute approximate surface area is 273 Å². The van der Waals surface area contributed by atoms with E-state index in [4.69, 9.17) is 25.2 Å². The summed E-state index contributed by atoms with van der Waals surface area (Å²) < 4.78 is 44.2. The van der Waals surface area contributed by atoms with Crippen molar-refractivity contribution in [2.24, 2.45) is 0 Å². The van der Waals surface area contributed by atoms with Crippen LogP contribution in [0, 0.1) is 5.82 Å². The van der Waals surface area contributed by atoms with Crippen molar-refractivity contribution >= 4 is 17.4 Å². The first kappa shape index (κ1) is 30.5. The highest BCUT2D eigenvalue weighted by Crippen LogP contribution is 2.47. The number of fused-ring (bicyclic) bond motifs is 5. The second-order valence-electron chi connectivity index (χ2n) is 14.2. The number of nitrogens with zero attached hydrogens (tertiary/aromatic N) is 7. The minimum Gasteiger partial charge on any atom is -0.461 e. The summed E-state index contributed by atoms with van der Waals surface area (Å²) >= 11 is 0. The number of aromatic nitrogens is 4. The van der Waals surface area contributed by atoms with Crippen molar-refractivity contribution in [3.8, 4) is 6.01 Å². The Balaban J connectivity index is 1.16. The second kappa shape index (κ2) is 11.4. The van der Waals surface area contributed by atoms with Crippen molar-refractivity contribution < 1.29 is 23.0 Å². The molecule has 6 heterocycles. The van der Waals surface area contributed by atoms with Crippen molar-refractivity contribution in [2.45, 2.75) is 88.4 Å². The molecule has 2 saturated heterocycles. The Morgan fingerprint density at radius 2 is 2.02 bits per heavy atom. The molecule has 0 unspecified atom stereocenters. The lowest BCUT2D eigenvalue weighted by Crippen LogP contribution is -2.44. The fraction of sp³-hybridized carbons (Fsp3) is 0.588. The monoisotopic (exact) mass is 648 g/mol. The van der Waals surface area contributed by atoms with Crippen molar-refractivity contribution in [3.63, 3.8) is 0 Å². The summed E-state index contributed by atoms with van der Waals surface area (Å²) in [7, 11) is 3.44. The van der Waals surface area contributed by atoms with E-state index in [0.29, 0.717) is 51.3 Å². The Kier molecular flexibility index (Phi) is 7.39. The molecule has 250 valence electrons. The molecular formula is C34H42F2N8O3. The molecule has 3 aromatic rings. The van der Waals surface area contributed by atoms with Crippen LogP contribution in [-0.4, -0.2) is 87.5 Å². The molecule has 3 atom stereocenters. The number of nitrogen functional groups attached to an aromatic ring is 1. The van der Waals surface area contributed by atoms with Gasteiger partial charge in [0.2, 0.25) is 0 Å². The van der Waals surface area contributed by atoms with E-state index in [1.165, 1.54) is 4.90 Å². The summed E-state index contributed by atoms with van der Waals surface area (Å²) in [4.78, 5) is 28.7. The molecule has 1 amide bonds. The molecule has 1 spiro atoms. The van der Waals surface area contributed by atoms with Crippen LogP contribution in [-0.2, 0) is 42.9 Å².